The number of amides is 1. The van der Waals surface area contributed by atoms with Crippen LogP contribution < -0.4 is 9.62 Å². The van der Waals surface area contributed by atoms with Crippen LogP contribution in [0.3, 0.4) is 0 Å². The Labute approximate surface area is 164 Å². The van der Waals surface area contributed by atoms with Gasteiger partial charge in [0.2, 0.25) is 15.9 Å². The highest BCUT2D eigenvalue weighted by atomic mass is 32.2. The summed E-state index contributed by atoms with van der Waals surface area (Å²) in [6.07, 6.45) is 3.00. The van der Waals surface area contributed by atoms with Crippen molar-refractivity contribution in [1.82, 2.24) is 0 Å². The molecule has 0 spiro atoms. The van der Waals surface area contributed by atoms with E-state index in [9.17, 15) is 17.6 Å². The molecule has 1 amide bonds. The summed E-state index contributed by atoms with van der Waals surface area (Å²) < 4.78 is 39.3. The van der Waals surface area contributed by atoms with Gasteiger partial charge in [-0.25, -0.2) is 12.8 Å². The van der Waals surface area contributed by atoms with Crippen LogP contribution in [0.15, 0.2) is 42.5 Å². The van der Waals surface area contributed by atoms with Crippen molar-refractivity contribution in [2.45, 2.75) is 38.0 Å². The SMILES string of the molecule is CCS(=O)(=O)N1CCCc2cc(NC(=O)C3(c4ccc(F)cc4)CC3)ccc21. The largest absolute Gasteiger partial charge is 0.325 e. The molecular formula is C21H23FN2O3S. The van der Waals surface area contributed by atoms with Crippen molar-refractivity contribution in [3.63, 3.8) is 0 Å². The number of sulfonamides is 1. The fourth-order valence-electron chi connectivity index (χ4n) is 3.88. The van der Waals surface area contributed by atoms with Crippen molar-refractivity contribution < 1.29 is 17.6 Å². The Bertz CT molecular complexity index is 1010. The van der Waals surface area contributed by atoms with Crippen LogP contribution in [0, 0.1) is 5.82 Å². The Morgan fingerprint density at radius 2 is 1.89 bits per heavy atom. The topological polar surface area (TPSA) is 66.5 Å². The second kappa shape index (κ2) is 6.88. The van der Waals surface area contributed by atoms with Crippen molar-refractivity contribution in [3.8, 4) is 0 Å². The van der Waals surface area contributed by atoms with E-state index in [0.29, 0.717) is 17.9 Å². The van der Waals surface area contributed by atoms with Gasteiger partial charge in [-0.15, -0.1) is 0 Å². The molecule has 0 aromatic heterocycles. The number of nitrogens with zero attached hydrogens (tertiary/aromatic N) is 1. The molecule has 0 atom stereocenters. The molecule has 2 aromatic carbocycles. The average molecular weight is 402 g/mol. The van der Waals surface area contributed by atoms with Crippen LogP contribution in [0.5, 0.6) is 0 Å². The van der Waals surface area contributed by atoms with Gasteiger partial charge in [0, 0.05) is 12.2 Å². The predicted molar refractivity (Wildman–Crippen MR) is 108 cm³/mol. The number of anilines is 2. The normalized spacial score (nSPS) is 17.7. The number of carbonyl (C=O) groups excluding carboxylic acids is 1. The van der Waals surface area contributed by atoms with Crippen molar-refractivity contribution in [2.24, 2.45) is 0 Å². The molecule has 0 radical (unpaired) electrons. The number of nitrogens with one attached hydrogen (secondary N) is 1. The molecule has 148 valence electrons. The third kappa shape index (κ3) is 3.28. The van der Waals surface area contributed by atoms with Gasteiger partial charge in [-0.3, -0.25) is 9.10 Å². The summed E-state index contributed by atoms with van der Waals surface area (Å²) in [5, 5.41) is 2.97. The van der Waals surface area contributed by atoms with Crippen molar-refractivity contribution >= 4 is 27.3 Å². The lowest BCUT2D eigenvalue weighted by Gasteiger charge is -2.30. The van der Waals surface area contributed by atoms with Crippen LogP contribution in [-0.4, -0.2) is 26.6 Å². The van der Waals surface area contributed by atoms with Crippen LogP contribution in [0.4, 0.5) is 15.8 Å². The third-order valence-electron chi connectivity index (χ3n) is 5.70. The van der Waals surface area contributed by atoms with Gasteiger partial charge in [0.05, 0.1) is 16.9 Å². The molecule has 0 saturated heterocycles. The predicted octanol–water partition coefficient (Wildman–Crippen LogP) is 3.60. The second-order valence-electron chi connectivity index (χ2n) is 7.46. The fraction of sp³-hybridized carbons (Fsp3) is 0.381. The van der Waals surface area contributed by atoms with E-state index in [1.807, 2.05) is 6.07 Å². The van der Waals surface area contributed by atoms with E-state index in [1.165, 1.54) is 16.4 Å². The Kier molecular flexibility index (Phi) is 4.65. The number of hydrogen-bond donors (Lipinski definition) is 1. The van der Waals surface area contributed by atoms with E-state index in [0.717, 1.165) is 36.8 Å². The summed E-state index contributed by atoms with van der Waals surface area (Å²) in [6.45, 7) is 2.13. The number of rotatable bonds is 5. The molecule has 1 aliphatic heterocycles. The number of benzene rings is 2. The maximum atomic E-state index is 13.2. The minimum atomic E-state index is -3.31. The Morgan fingerprint density at radius 3 is 2.54 bits per heavy atom. The monoisotopic (exact) mass is 402 g/mol. The number of aryl methyl sites for hydroxylation is 1. The van der Waals surface area contributed by atoms with Crippen LogP contribution in [0.1, 0.15) is 37.3 Å². The van der Waals surface area contributed by atoms with Gasteiger partial charge >= 0.3 is 0 Å². The van der Waals surface area contributed by atoms with Crippen LogP contribution in [0.25, 0.3) is 0 Å². The van der Waals surface area contributed by atoms with Crippen molar-refractivity contribution in [2.75, 3.05) is 21.9 Å². The van der Waals surface area contributed by atoms with E-state index in [2.05, 4.69) is 5.32 Å². The summed E-state index contributed by atoms with van der Waals surface area (Å²) in [7, 11) is -3.31. The van der Waals surface area contributed by atoms with Crippen LogP contribution in [-0.2, 0) is 26.7 Å². The number of halogens is 1. The molecule has 2 aromatic rings. The Morgan fingerprint density at radius 1 is 1.18 bits per heavy atom. The van der Waals surface area contributed by atoms with E-state index in [-0.39, 0.29) is 17.5 Å². The number of hydrogen-bond acceptors (Lipinski definition) is 3. The highest BCUT2D eigenvalue weighted by Crippen LogP contribution is 2.49. The molecule has 1 N–H and O–H groups in total. The zero-order valence-electron chi connectivity index (χ0n) is 15.7. The van der Waals surface area contributed by atoms with Gasteiger partial charge in [-0.2, -0.15) is 0 Å². The zero-order valence-corrected chi connectivity index (χ0v) is 16.6. The van der Waals surface area contributed by atoms with Crippen molar-refractivity contribution in [3.05, 3.63) is 59.4 Å². The first-order valence-electron chi connectivity index (χ1n) is 9.56. The molecule has 1 saturated carbocycles. The molecule has 28 heavy (non-hydrogen) atoms. The molecule has 0 unspecified atom stereocenters. The summed E-state index contributed by atoms with van der Waals surface area (Å²) in [6, 6.07) is 11.5. The summed E-state index contributed by atoms with van der Waals surface area (Å²) in [5.41, 5.74) is 2.51. The first-order chi connectivity index (χ1) is 13.4. The highest BCUT2D eigenvalue weighted by molar-refractivity contribution is 7.92. The smallest absolute Gasteiger partial charge is 0.235 e. The van der Waals surface area contributed by atoms with Gasteiger partial charge in [0.15, 0.2) is 0 Å². The number of carbonyl (C=O) groups is 1. The first-order valence-corrected chi connectivity index (χ1v) is 11.2. The molecule has 1 heterocycles. The van der Waals surface area contributed by atoms with Gasteiger partial charge in [-0.1, -0.05) is 12.1 Å². The molecule has 2 aliphatic rings. The Hall–Kier alpha value is -2.41. The maximum Gasteiger partial charge on any atom is 0.235 e. The standard InChI is InChI=1S/C21H23FN2O3S/c1-2-28(26,27)24-13-3-4-15-14-18(9-10-19(15)24)23-20(25)21(11-12-21)16-5-7-17(22)8-6-16/h5-10,14H,2-4,11-13H2,1H3,(H,23,25). The lowest BCUT2D eigenvalue weighted by Crippen LogP contribution is -2.36. The molecular weight excluding hydrogens is 379 g/mol. The second-order valence-corrected chi connectivity index (χ2v) is 9.64. The molecule has 5 nitrogen and oxygen atoms in total. The van der Waals surface area contributed by atoms with Gasteiger partial charge in [-0.05, 0) is 74.1 Å². The molecule has 0 bridgehead atoms. The quantitative estimate of drug-likeness (QED) is 0.831. The van der Waals surface area contributed by atoms with Gasteiger partial charge in [0.25, 0.3) is 0 Å². The van der Waals surface area contributed by atoms with E-state index >= 15 is 0 Å². The first kappa shape index (κ1) is 18.9. The highest BCUT2D eigenvalue weighted by Gasteiger charge is 2.51. The Balaban J connectivity index is 1.57. The van der Waals surface area contributed by atoms with E-state index in [4.69, 9.17) is 0 Å². The molecule has 1 fully saturated rings. The van der Waals surface area contributed by atoms with Crippen molar-refractivity contribution in [1.29, 1.82) is 0 Å². The van der Waals surface area contributed by atoms with Crippen LogP contribution in [0.2, 0.25) is 0 Å². The molecule has 7 heteroatoms. The van der Waals surface area contributed by atoms with E-state index < -0.39 is 15.4 Å². The van der Waals surface area contributed by atoms with E-state index in [1.54, 1.807) is 31.2 Å². The summed E-state index contributed by atoms with van der Waals surface area (Å²) >= 11 is 0. The minimum Gasteiger partial charge on any atom is -0.325 e. The molecule has 1 aliphatic carbocycles. The van der Waals surface area contributed by atoms with Gasteiger partial charge in [0.1, 0.15) is 5.82 Å². The zero-order chi connectivity index (χ0) is 19.9. The average Bonchev–Trinajstić information content (AvgIpc) is 3.50. The fourth-order valence-corrected chi connectivity index (χ4v) is 5.07. The summed E-state index contributed by atoms with van der Waals surface area (Å²) in [5.74, 6) is -0.361. The molecule has 4 rings (SSSR count). The lowest BCUT2D eigenvalue weighted by molar-refractivity contribution is -0.118. The maximum absolute atomic E-state index is 13.2. The van der Waals surface area contributed by atoms with Crippen LogP contribution >= 0.6 is 0 Å². The third-order valence-corrected chi connectivity index (χ3v) is 7.48. The number of fused-ring (bicyclic) bond motifs is 1. The minimum absolute atomic E-state index is 0.0606. The van der Waals surface area contributed by atoms with Gasteiger partial charge < -0.3 is 5.32 Å². The summed E-state index contributed by atoms with van der Waals surface area (Å²) in [4.78, 5) is 12.9. The lowest BCUT2D eigenvalue weighted by atomic mass is 9.94.